The summed E-state index contributed by atoms with van der Waals surface area (Å²) in [4.78, 5) is 1.10. The van der Waals surface area contributed by atoms with Gasteiger partial charge in [0.2, 0.25) is 10.0 Å². The molecule has 0 bridgehead atoms. The summed E-state index contributed by atoms with van der Waals surface area (Å²) < 4.78 is 27.7. The minimum absolute atomic E-state index is 0.447. The van der Waals surface area contributed by atoms with Crippen LogP contribution in [0.1, 0.15) is 43.4 Å². The van der Waals surface area contributed by atoms with E-state index in [2.05, 4.69) is 10.0 Å². The summed E-state index contributed by atoms with van der Waals surface area (Å²) in [5.74, 6) is 0.528. The van der Waals surface area contributed by atoms with E-state index in [0.717, 1.165) is 24.3 Å². The molecule has 2 N–H and O–H groups in total. The van der Waals surface area contributed by atoms with Crippen molar-refractivity contribution in [2.75, 3.05) is 6.54 Å². The minimum atomic E-state index is -3.31. The van der Waals surface area contributed by atoms with Gasteiger partial charge in [0, 0.05) is 24.0 Å². The average Bonchev–Trinajstić information content (AvgIpc) is 2.94. The van der Waals surface area contributed by atoms with Crippen molar-refractivity contribution in [2.45, 2.75) is 55.3 Å². The molecule has 1 aromatic heterocycles. The van der Waals surface area contributed by atoms with Gasteiger partial charge in [0.05, 0.1) is 0 Å². The van der Waals surface area contributed by atoms with Crippen LogP contribution in [0.15, 0.2) is 16.3 Å². The third kappa shape index (κ3) is 3.81. The molecule has 0 aliphatic heterocycles. The Morgan fingerprint density at radius 2 is 1.90 bits per heavy atom. The molecule has 0 radical (unpaired) electrons. The average molecular weight is 314 g/mol. The van der Waals surface area contributed by atoms with Crippen molar-refractivity contribution in [1.29, 1.82) is 0 Å². The maximum Gasteiger partial charge on any atom is 0.250 e. The van der Waals surface area contributed by atoms with E-state index in [1.807, 2.05) is 6.07 Å². The Hall–Kier alpha value is -0.430. The predicted octanol–water partition coefficient (Wildman–Crippen LogP) is 2.47. The molecule has 3 rings (SSSR count). The van der Waals surface area contributed by atoms with Gasteiger partial charge in [-0.1, -0.05) is 12.8 Å². The highest BCUT2D eigenvalue weighted by molar-refractivity contribution is 7.91. The molecule has 2 aliphatic rings. The summed E-state index contributed by atoms with van der Waals surface area (Å²) in [6, 6.07) is 4.30. The number of rotatable bonds is 7. The predicted molar refractivity (Wildman–Crippen MR) is 81.3 cm³/mol. The summed E-state index contributed by atoms with van der Waals surface area (Å²) in [5, 5.41) is 3.41. The van der Waals surface area contributed by atoms with Gasteiger partial charge in [0.15, 0.2) is 0 Å². The Morgan fingerprint density at radius 3 is 2.60 bits per heavy atom. The number of sulfonamides is 1. The lowest BCUT2D eigenvalue weighted by molar-refractivity contribution is 0.520. The molecule has 2 aliphatic carbocycles. The highest BCUT2D eigenvalue weighted by Crippen LogP contribution is 2.26. The number of thiophene rings is 1. The van der Waals surface area contributed by atoms with Crippen molar-refractivity contribution in [2.24, 2.45) is 5.92 Å². The fraction of sp³-hybridized carbons (Fsp3) is 0.714. The second-order valence-electron chi connectivity index (χ2n) is 5.88. The first-order valence-electron chi connectivity index (χ1n) is 7.45. The van der Waals surface area contributed by atoms with Crippen LogP contribution in [0, 0.1) is 5.92 Å². The molecule has 2 saturated carbocycles. The zero-order valence-corrected chi connectivity index (χ0v) is 13.2. The molecule has 112 valence electrons. The quantitative estimate of drug-likeness (QED) is 0.813. The van der Waals surface area contributed by atoms with Crippen LogP contribution in [-0.2, 0) is 16.6 Å². The van der Waals surface area contributed by atoms with E-state index in [-0.39, 0.29) is 0 Å². The topological polar surface area (TPSA) is 58.2 Å². The summed E-state index contributed by atoms with van der Waals surface area (Å²) in [6.07, 6.45) is 7.29. The van der Waals surface area contributed by atoms with Crippen molar-refractivity contribution in [1.82, 2.24) is 10.0 Å². The maximum absolute atomic E-state index is 12.2. The van der Waals surface area contributed by atoms with Crippen molar-refractivity contribution < 1.29 is 8.42 Å². The molecule has 0 amide bonds. The highest BCUT2D eigenvalue weighted by Gasteiger charge is 2.22. The van der Waals surface area contributed by atoms with E-state index >= 15 is 0 Å². The van der Waals surface area contributed by atoms with Crippen LogP contribution in [0.2, 0.25) is 0 Å². The smallest absolute Gasteiger partial charge is 0.250 e. The van der Waals surface area contributed by atoms with Gasteiger partial charge in [-0.25, -0.2) is 13.1 Å². The van der Waals surface area contributed by atoms with Crippen molar-refractivity contribution in [3.05, 3.63) is 17.0 Å². The lowest BCUT2D eigenvalue weighted by Gasteiger charge is -2.09. The Bertz CT molecular complexity index is 543. The molecule has 0 unspecified atom stereocenters. The molecule has 0 aromatic carbocycles. The molecular formula is C14H22N2O2S2. The van der Waals surface area contributed by atoms with Gasteiger partial charge in [0.1, 0.15) is 4.21 Å². The first kappa shape index (κ1) is 14.5. The van der Waals surface area contributed by atoms with E-state index in [4.69, 9.17) is 0 Å². The van der Waals surface area contributed by atoms with Gasteiger partial charge in [-0.05, 0) is 43.7 Å². The monoisotopic (exact) mass is 314 g/mol. The first-order chi connectivity index (χ1) is 9.63. The van der Waals surface area contributed by atoms with Crippen molar-refractivity contribution >= 4 is 21.4 Å². The molecule has 6 heteroatoms. The number of hydrogen-bond donors (Lipinski definition) is 2. The molecule has 1 aromatic rings. The molecule has 20 heavy (non-hydrogen) atoms. The van der Waals surface area contributed by atoms with E-state index < -0.39 is 10.0 Å². The fourth-order valence-corrected chi connectivity index (χ4v) is 5.11. The highest BCUT2D eigenvalue weighted by atomic mass is 32.2. The van der Waals surface area contributed by atoms with Crippen LogP contribution >= 0.6 is 11.3 Å². The van der Waals surface area contributed by atoms with Crippen molar-refractivity contribution in [3.8, 4) is 0 Å². The SMILES string of the molecule is O=S(=O)(NCC1CCCC1)c1ccc(CNC2CC2)s1. The van der Waals surface area contributed by atoms with Crippen LogP contribution in [0.5, 0.6) is 0 Å². The molecule has 0 atom stereocenters. The second-order valence-corrected chi connectivity index (χ2v) is 9.04. The van der Waals surface area contributed by atoms with Gasteiger partial charge in [-0.2, -0.15) is 0 Å². The largest absolute Gasteiger partial charge is 0.309 e. The molecule has 0 saturated heterocycles. The molecule has 4 nitrogen and oxygen atoms in total. The Labute approximate surface area is 125 Å². The second kappa shape index (κ2) is 6.13. The van der Waals surface area contributed by atoms with E-state index in [1.54, 1.807) is 6.07 Å². The first-order valence-corrected chi connectivity index (χ1v) is 9.75. The third-order valence-electron chi connectivity index (χ3n) is 4.08. The van der Waals surface area contributed by atoms with E-state index in [0.29, 0.717) is 22.7 Å². The lowest BCUT2D eigenvalue weighted by Crippen LogP contribution is -2.27. The number of nitrogens with one attached hydrogen (secondary N) is 2. The van der Waals surface area contributed by atoms with Gasteiger partial charge in [-0.15, -0.1) is 11.3 Å². The lowest BCUT2D eigenvalue weighted by atomic mass is 10.1. The standard InChI is InChI=1S/C14H22N2O2S2/c17-20(18,16-9-11-3-1-2-4-11)14-8-7-13(19-14)10-15-12-5-6-12/h7-8,11-12,15-16H,1-6,9-10H2. The minimum Gasteiger partial charge on any atom is -0.309 e. The van der Waals surface area contributed by atoms with Crippen LogP contribution in [-0.4, -0.2) is 21.0 Å². The zero-order chi connectivity index (χ0) is 14.0. The molecule has 1 heterocycles. The summed E-state index contributed by atoms with van der Waals surface area (Å²) in [5.41, 5.74) is 0. The van der Waals surface area contributed by atoms with Gasteiger partial charge in [0.25, 0.3) is 0 Å². The molecule has 2 fully saturated rings. The number of hydrogen-bond acceptors (Lipinski definition) is 4. The summed E-state index contributed by atoms with van der Waals surface area (Å²) in [7, 11) is -3.31. The maximum atomic E-state index is 12.2. The summed E-state index contributed by atoms with van der Waals surface area (Å²) in [6.45, 7) is 1.38. The Kier molecular flexibility index (Phi) is 4.45. The Morgan fingerprint density at radius 1 is 1.15 bits per heavy atom. The van der Waals surface area contributed by atoms with E-state index in [9.17, 15) is 8.42 Å². The fourth-order valence-electron chi connectivity index (χ4n) is 2.64. The third-order valence-corrected chi connectivity index (χ3v) is 7.08. The summed E-state index contributed by atoms with van der Waals surface area (Å²) >= 11 is 1.38. The Balaban J connectivity index is 1.55. The van der Waals surface area contributed by atoms with E-state index in [1.165, 1.54) is 37.0 Å². The van der Waals surface area contributed by atoms with Crippen LogP contribution in [0.25, 0.3) is 0 Å². The van der Waals surface area contributed by atoms with Crippen LogP contribution < -0.4 is 10.0 Å². The van der Waals surface area contributed by atoms with Crippen molar-refractivity contribution in [3.63, 3.8) is 0 Å². The zero-order valence-electron chi connectivity index (χ0n) is 11.6. The van der Waals surface area contributed by atoms with Crippen LogP contribution in [0.3, 0.4) is 0 Å². The van der Waals surface area contributed by atoms with Crippen LogP contribution in [0.4, 0.5) is 0 Å². The molecular weight excluding hydrogens is 292 g/mol. The van der Waals surface area contributed by atoms with Gasteiger partial charge >= 0.3 is 0 Å². The van der Waals surface area contributed by atoms with Gasteiger partial charge < -0.3 is 5.32 Å². The molecule has 0 spiro atoms. The normalized spacial score (nSPS) is 20.6. The van der Waals surface area contributed by atoms with Gasteiger partial charge in [-0.3, -0.25) is 0 Å².